The van der Waals surface area contributed by atoms with Gasteiger partial charge in [0, 0.05) is 13.5 Å². The fraction of sp³-hybridized carbons (Fsp3) is 1.00. The molecule has 90 valence electrons. The predicted molar refractivity (Wildman–Crippen MR) is 60.9 cm³/mol. The van der Waals surface area contributed by atoms with E-state index in [2.05, 4.69) is 10.2 Å². The highest BCUT2D eigenvalue weighted by molar-refractivity contribution is 4.81. The van der Waals surface area contributed by atoms with E-state index < -0.39 is 11.3 Å². The molecule has 0 saturated carbocycles. The number of azo groups is 1. The number of nitrogens with zero attached hydrogens (tertiary/aromatic N) is 2. The van der Waals surface area contributed by atoms with Crippen LogP contribution in [0, 0.1) is 0 Å². The van der Waals surface area contributed by atoms with E-state index in [4.69, 9.17) is 4.74 Å². The van der Waals surface area contributed by atoms with Crippen molar-refractivity contribution in [3.63, 3.8) is 0 Å². The Labute approximate surface area is 92.7 Å². The van der Waals surface area contributed by atoms with Crippen LogP contribution in [0.1, 0.15) is 48.0 Å². The van der Waals surface area contributed by atoms with Gasteiger partial charge in [-0.3, -0.25) is 0 Å². The summed E-state index contributed by atoms with van der Waals surface area (Å²) in [6.45, 7) is 11.3. The lowest BCUT2D eigenvalue weighted by atomic mass is 9.98. The third-order valence-corrected chi connectivity index (χ3v) is 1.88. The minimum atomic E-state index is -1.17. The van der Waals surface area contributed by atoms with Crippen LogP contribution in [0.15, 0.2) is 10.2 Å². The largest absolute Gasteiger partial charge is 0.379 e. The maximum Gasteiger partial charge on any atom is 0.176 e. The van der Waals surface area contributed by atoms with Crippen LogP contribution < -0.4 is 0 Å². The summed E-state index contributed by atoms with van der Waals surface area (Å²) in [5.41, 5.74) is -1.84. The van der Waals surface area contributed by atoms with Crippen molar-refractivity contribution in [2.75, 3.05) is 7.11 Å². The van der Waals surface area contributed by atoms with Crippen molar-refractivity contribution in [1.82, 2.24) is 0 Å². The third kappa shape index (κ3) is 7.45. The zero-order valence-corrected chi connectivity index (χ0v) is 11.0. The second-order valence-corrected chi connectivity index (χ2v) is 5.73. The molecule has 0 aromatic carbocycles. The summed E-state index contributed by atoms with van der Waals surface area (Å²) in [5, 5.41) is 18.0. The van der Waals surface area contributed by atoms with Crippen LogP contribution in [0.5, 0.6) is 0 Å². The average Bonchev–Trinajstić information content (AvgIpc) is 1.98. The Morgan fingerprint density at radius 2 is 1.47 bits per heavy atom. The number of aliphatic hydroxyl groups is 1. The normalized spacial score (nSPS) is 18.1. The minimum absolute atomic E-state index is 0.263. The Balaban J connectivity index is 4.51. The summed E-state index contributed by atoms with van der Waals surface area (Å²) < 4.78 is 5.24. The number of rotatable bonds is 4. The van der Waals surface area contributed by atoms with Gasteiger partial charge in [0.15, 0.2) is 5.72 Å². The van der Waals surface area contributed by atoms with Crippen LogP contribution in [0.25, 0.3) is 0 Å². The van der Waals surface area contributed by atoms with Crippen LogP contribution in [0.3, 0.4) is 0 Å². The van der Waals surface area contributed by atoms with Crippen molar-refractivity contribution in [3.8, 4) is 0 Å². The highest BCUT2D eigenvalue weighted by Gasteiger charge is 2.30. The maximum atomic E-state index is 10.0. The van der Waals surface area contributed by atoms with Gasteiger partial charge in [0.2, 0.25) is 0 Å². The van der Waals surface area contributed by atoms with Gasteiger partial charge in [-0.1, -0.05) is 0 Å². The predicted octanol–water partition coefficient (Wildman–Crippen LogP) is 2.76. The molecule has 0 saturated heterocycles. The van der Waals surface area contributed by atoms with E-state index in [1.54, 1.807) is 14.0 Å². The van der Waals surface area contributed by atoms with Crippen LogP contribution >= 0.6 is 0 Å². The molecule has 0 aliphatic heterocycles. The molecule has 0 heterocycles. The average molecular weight is 216 g/mol. The minimum Gasteiger partial charge on any atom is -0.379 e. The number of methoxy groups -OCH3 is 1. The van der Waals surface area contributed by atoms with Crippen molar-refractivity contribution in [3.05, 3.63) is 0 Å². The first-order valence-electron chi connectivity index (χ1n) is 5.19. The molecule has 0 bridgehead atoms. The van der Waals surface area contributed by atoms with E-state index in [1.165, 1.54) is 0 Å². The lowest BCUT2D eigenvalue weighted by Gasteiger charge is -2.29. The van der Waals surface area contributed by atoms with Gasteiger partial charge in [-0.15, -0.1) is 0 Å². The third-order valence-electron chi connectivity index (χ3n) is 1.88. The molecule has 0 radical (unpaired) electrons. The van der Waals surface area contributed by atoms with Crippen molar-refractivity contribution in [2.45, 2.75) is 64.8 Å². The SMILES string of the molecule is COC(C)(C)CC(C)(O)N=NC(C)(C)C. The summed E-state index contributed by atoms with van der Waals surface area (Å²) in [6.07, 6.45) is 0.413. The Kier molecular flexibility index (Phi) is 4.43. The van der Waals surface area contributed by atoms with E-state index in [-0.39, 0.29) is 5.54 Å². The molecular formula is C11H24N2O2. The van der Waals surface area contributed by atoms with Gasteiger partial charge in [0.1, 0.15) is 0 Å². The fourth-order valence-electron chi connectivity index (χ4n) is 1.17. The summed E-state index contributed by atoms with van der Waals surface area (Å²) in [6, 6.07) is 0. The highest BCUT2D eigenvalue weighted by Crippen LogP contribution is 2.25. The molecule has 0 fully saturated rings. The van der Waals surface area contributed by atoms with E-state index >= 15 is 0 Å². The zero-order valence-electron chi connectivity index (χ0n) is 11.0. The van der Waals surface area contributed by atoms with Crippen LogP contribution in [-0.2, 0) is 4.74 Å². The molecule has 0 aromatic heterocycles. The van der Waals surface area contributed by atoms with Crippen LogP contribution in [0.4, 0.5) is 0 Å². The quantitative estimate of drug-likeness (QED) is 0.735. The molecule has 0 rings (SSSR count). The van der Waals surface area contributed by atoms with Gasteiger partial charge in [-0.2, -0.15) is 10.2 Å². The van der Waals surface area contributed by atoms with E-state index in [0.717, 1.165) is 0 Å². The van der Waals surface area contributed by atoms with Crippen LogP contribution in [-0.4, -0.2) is 29.1 Å². The Morgan fingerprint density at radius 1 is 1.00 bits per heavy atom. The number of hydrogen-bond acceptors (Lipinski definition) is 4. The monoisotopic (exact) mass is 216 g/mol. The molecule has 15 heavy (non-hydrogen) atoms. The number of ether oxygens (including phenoxy) is 1. The van der Waals surface area contributed by atoms with Crippen molar-refractivity contribution in [1.29, 1.82) is 0 Å². The molecule has 1 N–H and O–H groups in total. The molecule has 0 spiro atoms. The Hall–Kier alpha value is -0.480. The smallest absolute Gasteiger partial charge is 0.176 e. The first kappa shape index (κ1) is 14.5. The first-order valence-corrected chi connectivity index (χ1v) is 5.19. The van der Waals surface area contributed by atoms with Gasteiger partial charge in [0.05, 0.1) is 11.1 Å². The van der Waals surface area contributed by atoms with Crippen molar-refractivity contribution in [2.24, 2.45) is 10.2 Å². The van der Waals surface area contributed by atoms with Gasteiger partial charge >= 0.3 is 0 Å². The molecule has 4 heteroatoms. The van der Waals surface area contributed by atoms with Gasteiger partial charge < -0.3 is 9.84 Å². The standard InChI is InChI=1S/C11H24N2O2/c1-9(2,3)12-13-11(6,14)8-10(4,5)15-7/h14H,8H2,1-7H3. The molecule has 0 aliphatic carbocycles. The summed E-state index contributed by atoms with van der Waals surface area (Å²) >= 11 is 0. The lowest BCUT2D eigenvalue weighted by molar-refractivity contribution is -0.0585. The molecule has 4 nitrogen and oxygen atoms in total. The van der Waals surface area contributed by atoms with Gasteiger partial charge in [-0.05, 0) is 41.5 Å². The van der Waals surface area contributed by atoms with Crippen molar-refractivity contribution >= 4 is 0 Å². The van der Waals surface area contributed by atoms with E-state index in [0.29, 0.717) is 6.42 Å². The summed E-state index contributed by atoms with van der Waals surface area (Å²) in [5.74, 6) is 0. The first-order chi connectivity index (χ1) is 6.47. The fourth-order valence-corrected chi connectivity index (χ4v) is 1.17. The van der Waals surface area contributed by atoms with Crippen LogP contribution in [0.2, 0.25) is 0 Å². The molecule has 0 aromatic rings. The zero-order chi connectivity index (χ0) is 12.3. The second kappa shape index (κ2) is 4.58. The molecule has 0 amide bonds. The maximum absolute atomic E-state index is 10.0. The van der Waals surface area contributed by atoms with E-state index in [1.807, 2.05) is 34.6 Å². The molecule has 0 aliphatic rings. The summed E-state index contributed by atoms with van der Waals surface area (Å²) in [4.78, 5) is 0. The highest BCUT2D eigenvalue weighted by atomic mass is 16.5. The van der Waals surface area contributed by atoms with Gasteiger partial charge in [-0.25, -0.2) is 0 Å². The second-order valence-electron chi connectivity index (χ2n) is 5.73. The lowest BCUT2D eigenvalue weighted by Crippen LogP contribution is -2.35. The van der Waals surface area contributed by atoms with E-state index in [9.17, 15) is 5.11 Å². The molecule has 1 unspecified atom stereocenters. The molecule has 1 atom stereocenters. The Bertz CT molecular complexity index is 227. The topological polar surface area (TPSA) is 54.2 Å². The van der Waals surface area contributed by atoms with Crippen molar-refractivity contribution < 1.29 is 9.84 Å². The summed E-state index contributed by atoms with van der Waals surface area (Å²) in [7, 11) is 1.62. The van der Waals surface area contributed by atoms with Gasteiger partial charge in [0.25, 0.3) is 0 Å². The Morgan fingerprint density at radius 3 is 1.80 bits per heavy atom. The number of hydrogen-bond donors (Lipinski definition) is 1. The molecular weight excluding hydrogens is 192 g/mol.